The standard InChI is InChI=1S/C27H47NO2/c1-3-4-5-6-7-8-9-10-11-12-13-14-15-16-20-23-27(29)28(2)24-25-30-26-21-18-17-19-22-26/h17-19,21-22H,3-16,20,23-25H2,1-2H3. The SMILES string of the molecule is CCCCCCCCCCCCCCCCCC(=O)N(C)CCOc1ccccc1. The van der Waals surface area contributed by atoms with E-state index in [1.807, 2.05) is 37.4 Å². The first-order valence-electron chi connectivity index (χ1n) is 12.7. The molecule has 0 atom stereocenters. The number of hydrogen-bond donors (Lipinski definition) is 0. The van der Waals surface area contributed by atoms with Gasteiger partial charge >= 0.3 is 0 Å². The van der Waals surface area contributed by atoms with Crippen LogP contribution in [0.2, 0.25) is 0 Å². The van der Waals surface area contributed by atoms with Crippen LogP contribution in [-0.4, -0.2) is 31.0 Å². The lowest BCUT2D eigenvalue weighted by Crippen LogP contribution is -2.30. The first-order valence-corrected chi connectivity index (χ1v) is 12.7. The number of unbranched alkanes of at least 4 members (excludes halogenated alkanes) is 14. The molecule has 0 heterocycles. The molecule has 1 amide bonds. The van der Waals surface area contributed by atoms with Gasteiger partial charge < -0.3 is 9.64 Å². The van der Waals surface area contributed by atoms with Gasteiger partial charge in [0, 0.05) is 13.5 Å². The summed E-state index contributed by atoms with van der Waals surface area (Å²) in [4.78, 5) is 14.0. The van der Waals surface area contributed by atoms with Gasteiger partial charge in [0.2, 0.25) is 5.91 Å². The van der Waals surface area contributed by atoms with Gasteiger partial charge in [0.1, 0.15) is 12.4 Å². The van der Waals surface area contributed by atoms with E-state index in [1.165, 1.54) is 89.9 Å². The topological polar surface area (TPSA) is 29.5 Å². The van der Waals surface area contributed by atoms with Gasteiger partial charge in [-0.1, -0.05) is 115 Å². The van der Waals surface area contributed by atoms with Crippen LogP contribution >= 0.6 is 0 Å². The fourth-order valence-corrected chi connectivity index (χ4v) is 3.78. The normalized spacial score (nSPS) is 10.9. The molecule has 3 nitrogen and oxygen atoms in total. The maximum absolute atomic E-state index is 12.2. The summed E-state index contributed by atoms with van der Waals surface area (Å²) in [5.74, 6) is 1.10. The largest absolute Gasteiger partial charge is 0.492 e. The third-order valence-electron chi connectivity index (χ3n) is 5.86. The summed E-state index contributed by atoms with van der Waals surface area (Å²) in [6.07, 6.45) is 21.0. The molecule has 0 bridgehead atoms. The zero-order valence-electron chi connectivity index (χ0n) is 19.9. The molecule has 1 aromatic carbocycles. The summed E-state index contributed by atoms with van der Waals surface area (Å²) in [6.45, 7) is 3.47. The number of likely N-dealkylation sites (N-methyl/N-ethyl adjacent to an activating group) is 1. The highest BCUT2D eigenvalue weighted by atomic mass is 16.5. The van der Waals surface area contributed by atoms with E-state index in [-0.39, 0.29) is 5.91 Å². The Morgan fingerprint density at radius 3 is 1.70 bits per heavy atom. The van der Waals surface area contributed by atoms with Crippen molar-refractivity contribution in [3.8, 4) is 5.75 Å². The predicted molar refractivity (Wildman–Crippen MR) is 129 cm³/mol. The molecule has 0 radical (unpaired) electrons. The van der Waals surface area contributed by atoms with Crippen LogP contribution in [0.3, 0.4) is 0 Å². The molecule has 0 spiro atoms. The van der Waals surface area contributed by atoms with Crippen LogP contribution < -0.4 is 4.74 Å². The Bertz CT molecular complexity index is 503. The number of carbonyl (C=O) groups is 1. The number of hydrogen-bond acceptors (Lipinski definition) is 2. The number of carbonyl (C=O) groups excluding carboxylic acids is 1. The molecule has 3 heteroatoms. The van der Waals surface area contributed by atoms with E-state index in [0.717, 1.165) is 12.2 Å². The average molecular weight is 418 g/mol. The Morgan fingerprint density at radius 2 is 1.20 bits per heavy atom. The second kappa shape index (κ2) is 19.5. The summed E-state index contributed by atoms with van der Waals surface area (Å²) < 4.78 is 5.66. The van der Waals surface area contributed by atoms with Gasteiger partial charge in [-0.3, -0.25) is 4.79 Å². The molecule has 1 rings (SSSR count). The van der Waals surface area contributed by atoms with Gasteiger partial charge in [0.05, 0.1) is 6.54 Å². The van der Waals surface area contributed by atoms with Crippen molar-refractivity contribution in [3.63, 3.8) is 0 Å². The first kappa shape index (κ1) is 26.5. The highest BCUT2D eigenvalue weighted by Gasteiger charge is 2.08. The highest BCUT2D eigenvalue weighted by Crippen LogP contribution is 2.14. The van der Waals surface area contributed by atoms with Crippen LogP contribution in [-0.2, 0) is 4.79 Å². The molecule has 0 aromatic heterocycles. The molecule has 30 heavy (non-hydrogen) atoms. The smallest absolute Gasteiger partial charge is 0.222 e. The number of para-hydroxylation sites is 1. The van der Waals surface area contributed by atoms with Crippen molar-refractivity contribution in [3.05, 3.63) is 30.3 Å². The molecular weight excluding hydrogens is 370 g/mol. The highest BCUT2D eigenvalue weighted by molar-refractivity contribution is 5.75. The zero-order valence-corrected chi connectivity index (χ0v) is 19.9. The van der Waals surface area contributed by atoms with Crippen LogP contribution in [0.25, 0.3) is 0 Å². The van der Waals surface area contributed by atoms with Gasteiger partial charge in [-0.25, -0.2) is 0 Å². The molecule has 1 aromatic rings. The average Bonchev–Trinajstić information content (AvgIpc) is 2.77. The van der Waals surface area contributed by atoms with Gasteiger partial charge in [-0.05, 0) is 18.6 Å². The lowest BCUT2D eigenvalue weighted by atomic mass is 10.0. The molecular formula is C27H47NO2. The minimum atomic E-state index is 0.237. The van der Waals surface area contributed by atoms with E-state index in [1.54, 1.807) is 4.90 Å². The third kappa shape index (κ3) is 15.3. The Balaban J connectivity index is 1.83. The minimum absolute atomic E-state index is 0.237. The summed E-state index contributed by atoms with van der Waals surface area (Å²) >= 11 is 0. The van der Waals surface area contributed by atoms with E-state index in [0.29, 0.717) is 19.6 Å². The number of amides is 1. The number of benzene rings is 1. The van der Waals surface area contributed by atoms with Gasteiger partial charge in [0.15, 0.2) is 0 Å². The zero-order chi connectivity index (χ0) is 21.7. The Morgan fingerprint density at radius 1 is 0.733 bits per heavy atom. The van der Waals surface area contributed by atoms with Crippen molar-refractivity contribution in [1.29, 1.82) is 0 Å². The van der Waals surface area contributed by atoms with Crippen molar-refractivity contribution >= 4 is 5.91 Å². The molecule has 0 saturated heterocycles. The molecule has 0 fully saturated rings. The van der Waals surface area contributed by atoms with Crippen LogP contribution in [0, 0.1) is 0 Å². The van der Waals surface area contributed by atoms with Crippen molar-refractivity contribution < 1.29 is 9.53 Å². The quantitative estimate of drug-likeness (QED) is 0.203. The molecule has 0 aliphatic carbocycles. The summed E-state index contributed by atoms with van der Waals surface area (Å²) in [7, 11) is 1.88. The molecule has 0 N–H and O–H groups in total. The Kier molecular flexibility index (Phi) is 17.2. The monoisotopic (exact) mass is 417 g/mol. The second-order valence-electron chi connectivity index (χ2n) is 8.68. The minimum Gasteiger partial charge on any atom is -0.492 e. The van der Waals surface area contributed by atoms with E-state index < -0.39 is 0 Å². The molecule has 0 aliphatic rings. The van der Waals surface area contributed by atoms with Crippen LogP contribution in [0.15, 0.2) is 30.3 Å². The van der Waals surface area contributed by atoms with E-state index in [9.17, 15) is 4.79 Å². The van der Waals surface area contributed by atoms with E-state index in [4.69, 9.17) is 4.74 Å². The third-order valence-corrected chi connectivity index (χ3v) is 5.86. The summed E-state index contributed by atoms with van der Waals surface area (Å²) in [5, 5.41) is 0. The van der Waals surface area contributed by atoms with Crippen LogP contribution in [0.4, 0.5) is 0 Å². The maximum Gasteiger partial charge on any atom is 0.222 e. The molecule has 0 saturated carbocycles. The van der Waals surface area contributed by atoms with E-state index >= 15 is 0 Å². The number of ether oxygens (including phenoxy) is 1. The van der Waals surface area contributed by atoms with E-state index in [2.05, 4.69) is 6.92 Å². The molecule has 0 unspecified atom stereocenters. The fraction of sp³-hybridized carbons (Fsp3) is 0.741. The first-order chi connectivity index (χ1) is 14.7. The summed E-state index contributed by atoms with van der Waals surface area (Å²) in [5.41, 5.74) is 0. The predicted octanol–water partition coefficient (Wildman–Crippen LogP) is 7.79. The summed E-state index contributed by atoms with van der Waals surface area (Å²) in [6, 6.07) is 9.77. The van der Waals surface area contributed by atoms with Crippen molar-refractivity contribution in [2.45, 2.75) is 110 Å². The Hall–Kier alpha value is -1.51. The van der Waals surface area contributed by atoms with Crippen molar-refractivity contribution in [1.82, 2.24) is 4.90 Å². The van der Waals surface area contributed by atoms with Gasteiger partial charge in [-0.15, -0.1) is 0 Å². The lowest BCUT2D eigenvalue weighted by molar-refractivity contribution is -0.130. The van der Waals surface area contributed by atoms with Crippen molar-refractivity contribution in [2.75, 3.05) is 20.2 Å². The number of rotatable bonds is 20. The Labute approximate surface area is 186 Å². The second-order valence-corrected chi connectivity index (χ2v) is 8.68. The molecule has 172 valence electrons. The fourth-order valence-electron chi connectivity index (χ4n) is 3.78. The molecule has 0 aliphatic heterocycles. The maximum atomic E-state index is 12.2. The lowest BCUT2D eigenvalue weighted by Gasteiger charge is -2.17. The van der Waals surface area contributed by atoms with Gasteiger partial charge in [0.25, 0.3) is 0 Å². The van der Waals surface area contributed by atoms with Crippen molar-refractivity contribution in [2.24, 2.45) is 0 Å². The van der Waals surface area contributed by atoms with Gasteiger partial charge in [-0.2, -0.15) is 0 Å². The number of nitrogens with zero attached hydrogens (tertiary/aromatic N) is 1. The van der Waals surface area contributed by atoms with Crippen LogP contribution in [0.1, 0.15) is 110 Å². The van der Waals surface area contributed by atoms with Crippen LogP contribution in [0.5, 0.6) is 5.75 Å².